The maximum Gasteiger partial charge on any atom is 0.326 e. The number of ether oxygens (including phenoxy) is 1. The summed E-state index contributed by atoms with van der Waals surface area (Å²) in [5.74, 6) is -2.89. The average molecular weight is 473 g/mol. The first-order valence-corrected chi connectivity index (χ1v) is 10.1. The van der Waals surface area contributed by atoms with E-state index in [2.05, 4.69) is 5.32 Å². The molecule has 3 amide bonds. The van der Waals surface area contributed by atoms with E-state index in [0.717, 1.165) is 29.3 Å². The van der Waals surface area contributed by atoms with Crippen molar-refractivity contribution < 1.29 is 27.9 Å². The van der Waals surface area contributed by atoms with Gasteiger partial charge >= 0.3 is 6.03 Å². The van der Waals surface area contributed by atoms with Crippen molar-refractivity contribution in [3.8, 4) is 11.5 Å². The number of amides is 3. The highest BCUT2D eigenvalue weighted by atomic mass is 35.5. The van der Waals surface area contributed by atoms with Gasteiger partial charge in [-0.1, -0.05) is 35.4 Å². The van der Waals surface area contributed by atoms with E-state index in [4.69, 9.17) is 16.3 Å². The summed E-state index contributed by atoms with van der Waals surface area (Å²) in [6.07, 6.45) is 0.507. The third-order valence-electron chi connectivity index (χ3n) is 4.83. The van der Waals surface area contributed by atoms with Gasteiger partial charge in [0, 0.05) is 5.69 Å². The van der Waals surface area contributed by atoms with Crippen LogP contribution < -0.4 is 15.4 Å². The van der Waals surface area contributed by atoms with Gasteiger partial charge in [-0.05, 0) is 56.2 Å². The Morgan fingerprint density at radius 2 is 1.70 bits per heavy atom. The number of aldehydes is 1. The summed E-state index contributed by atoms with van der Waals surface area (Å²) in [7, 11) is 0. The van der Waals surface area contributed by atoms with Crippen LogP contribution in [0.5, 0.6) is 11.5 Å². The summed E-state index contributed by atoms with van der Waals surface area (Å²) in [4.78, 5) is 36.1. The number of nitrogens with one attached hydrogen (secondary N) is 2. The number of halogens is 3. The van der Waals surface area contributed by atoms with Crippen molar-refractivity contribution in [3.05, 3.63) is 86.9 Å². The van der Waals surface area contributed by atoms with Gasteiger partial charge in [0.2, 0.25) is 0 Å². The highest BCUT2D eigenvalue weighted by Gasteiger charge is 2.21. The monoisotopic (exact) mass is 472 g/mol. The molecule has 0 aliphatic carbocycles. The molecule has 3 aromatic rings. The van der Waals surface area contributed by atoms with Crippen molar-refractivity contribution in [2.24, 2.45) is 0 Å². The molecular weight excluding hydrogens is 454 g/mol. The number of hydrogen-bond donors (Lipinski definition) is 2. The zero-order valence-electron chi connectivity index (χ0n) is 17.9. The lowest BCUT2D eigenvalue weighted by Crippen LogP contribution is -2.35. The number of hydrogen-bond acceptors (Lipinski definition) is 4. The van der Waals surface area contributed by atoms with Gasteiger partial charge in [0.05, 0.1) is 10.6 Å². The van der Waals surface area contributed by atoms with E-state index >= 15 is 0 Å². The lowest BCUT2D eigenvalue weighted by Gasteiger charge is -2.17. The van der Waals surface area contributed by atoms with Crippen LogP contribution in [0, 0.1) is 32.4 Å². The Morgan fingerprint density at radius 1 is 1.03 bits per heavy atom. The largest absolute Gasteiger partial charge is 0.455 e. The molecule has 0 atom stereocenters. The van der Waals surface area contributed by atoms with E-state index < -0.39 is 29.1 Å². The molecule has 9 heteroatoms. The maximum absolute atomic E-state index is 13.8. The van der Waals surface area contributed by atoms with E-state index in [-0.39, 0.29) is 22.0 Å². The fourth-order valence-corrected chi connectivity index (χ4v) is 3.37. The molecule has 0 unspecified atom stereocenters. The molecule has 0 aromatic heterocycles. The summed E-state index contributed by atoms with van der Waals surface area (Å²) in [5, 5.41) is 4.28. The number of urea groups is 1. The smallest absolute Gasteiger partial charge is 0.326 e. The van der Waals surface area contributed by atoms with Gasteiger partial charge in [0.1, 0.15) is 22.9 Å². The maximum atomic E-state index is 13.8. The van der Waals surface area contributed by atoms with Crippen LogP contribution in [-0.2, 0) is 0 Å². The second-order valence-electron chi connectivity index (χ2n) is 7.28. The van der Waals surface area contributed by atoms with E-state index in [0.29, 0.717) is 17.6 Å². The second kappa shape index (κ2) is 9.79. The van der Waals surface area contributed by atoms with Crippen LogP contribution in [0.15, 0.2) is 42.5 Å². The van der Waals surface area contributed by atoms with Gasteiger partial charge in [-0.25, -0.2) is 13.6 Å². The van der Waals surface area contributed by atoms with E-state index in [1.54, 1.807) is 13.0 Å². The summed E-state index contributed by atoms with van der Waals surface area (Å²) < 4.78 is 33.4. The van der Waals surface area contributed by atoms with Crippen LogP contribution in [0.2, 0.25) is 5.02 Å². The molecule has 3 rings (SSSR count). The Morgan fingerprint density at radius 3 is 2.30 bits per heavy atom. The summed E-state index contributed by atoms with van der Waals surface area (Å²) in [5.41, 5.74) is 1.48. The van der Waals surface area contributed by atoms with Gasteiger partial charge < -0.3 is 10.1 Å². The van der Waals surface area contributed by atoms with E-state index in [1.165, 1.54) is 6.07 Å². The minimum Gasteiger partial charge on any atom is -0.455 e. The molecule has 0 aliphatic rings. The molecule has 0 fully saturated rings. The Bertz CT molecular complexity index is 1260. The van der Waals surface area contributed by atoms with Crippen LogP contribution in [0.4, 0.5) is 19.3 Å². The summed E-state index contributed by atoms with van der Waals surface area (Å²) >= 11 is 6.42. The van der Waals surface area contributed by atoms with Gasteiger partial charge in [-0.3, -0.25) is 14.9 Å². The Hall–Kier alpha value is -3.78. The molecular formula is C24H19ClF2N2O4. The summed E-state index contributed by atoms with van der Waals surface area (Å²) in [6, 6.07) is 8.64. The Balaban J connectivity index is 1.85. The molecule has 33 heavy (non-hydrogen) atoms. The third kappa shape index (κ3) is 5.18. The van der Waals surface area contributed by atoms with Gasteiger partial charge in [0.25, 0.3) is 5.91 Å². The van der Waals surface area contributed by atoms with Crippen molar-refractivity contribution in [1.29, 1.82) is 0 Å². The highest BCUT2D eigenvalue weighted by Crippen LogP contribution is 2.39. The molecule has 0 radical (unpaired) electrons. The van der Waals surface area contributed by atoms with E-state index in [1.807, 2.05) is 31.3 Å². The predicted molar refractivity (Wildman–Crippen MR) is 120 cm³/mol. The van der Waals surface area contributed by atoms with Crippen molar-refractivity contribution in [3.63, 3.8) is 0 Å². The van der Waals surface area contributed by atoms with Crippen molar-refractivity contribution in [2.75, 3.05) is 5.32 Å². The minimum absolute atomic E-state index is 0.0485. The SMILES string of the molecule is Cc1ccc(Oc2c(C=O)cc(NC(=O)NC(=O)c3c(F)cccc3F)c(C)c2Cl)c(C)c1. The fourth-order valence-electron chi connectivity index (χ4n) is 3.12. The molecule has 2 N–H and O–H groups in total. The first kappa shape index (κ1) is 23.9. The summed E-state index contributed by atoms with van der Waals surface area (Å²) in [6.45, 7) is 5.35. The number of rotatable bonds is 5. The van der Waals surface area contributed by atoms with Crippen LogP contribution >= 0.6 is 11.6 Å². The molecule has 0 spiro atoms. The molecule has 0 bridgehead atoms. The molecule has 0 aliphatic heterocycles. The average Bonchev–Trinajstić information content (AvgIpc) is 2.74. The van der Waals surface area contributed by atoms with E-state index in [9.17, 15) is 23.2 Å². The van der Waals surface area contributed by atoms with Crippen molar-refractivity contribution in [1.82, 2.24) is 5.32 Å². The number of carbonyl (C=O) groups excluding carboxylic acids is 3. The molecule has 0 saturated heterocycles. The number of imide groups is 1. The Kier molecular flexibility index (Phi) is 7.08. The highest BCUT2D eigenvalue weighted by molar-refractivity contribution is 6.34. The number of benzene rings is 3. The molecule has 170 valence electrons. The van der Waals surface area contributed by atoms with Gasteiger partial charge in [-0.15, -0.1) is 0 Å². The van der Waals surface area contributed by atoms with Crippen LogP contribution in [-0.4, -0.2) is 18.2 Å². The quantitative estimate of drug-likeness (QED) is 0.439. The lowest BCUT2D eigenvalue weighted by atomic mass is 10.1. The first-order valence-electron chi connectivity index (χ1n) is 9.72. The van der Waals surface area contributed by atoms with Gasteiger partial charge in [-0.2, -0.15) is 0 Å². The molecule has 0 saturated carbocycles. The lowest BCUT2D eigenvalue weighted by molar-refractivity contribution is 0.0958. The van der Waals surface area contributed by atoms with Crippen LogP contribution in [0.25, 0.3) is 0 Å². The van der Waals surface area contributed by atoms with Crippen LogP contribution in [0.3, 0.4) is 0 Å². The number of anilines is 1. The van der Waals surface area contributed by atoms with Gasteiger partial charge in [0.15, 0.2) is 12.0 Å². The fraction of sp³-hybridized carbons (Fsp3) is 0.125. The molecule has 6 nitrogen and oxygen atoms in total. The minimum atomic E-state index is -1.27. The zero-order valence-corrected chi connectivity index (χ0v) is 18.6. The second-order valence-corrected chi connectivity index (χ2v) is 7.65. The molecule has 0 heterocycles. The zero-order chi connectivity index (χ0) is 24.3. The first-order chi connectivity index (χ1) is 15.6. The van der Waals surface area contributed by atoms with Crippen molar-refractivity contribution in [2.45, 2.75) is 20.8 Å². The topological polar surface area (TPSA) is 84.5 Å². The standard InChI is InChI=1S/C24H19ClF2N2O4/c1-12-7-8-19(13(2)9-12)33-22-15(11-30)10-18(14(3)21(22)25)28-24(32)29-23(31)20-16(26)5-4-6-17(20)27/h4-11H,1-3H3,(H2,28,29,31,32). The Labute approximate surface area is 193 Å². The number of carbonyl (C=O) groups is 3. The van der Waals surface area contributed by atoms with Crippen LogP contribution in [0.1, 0.15) is 37.4 Å². The normalized spacial score (nSPS) is 10.5. The molecule has 3 aromatic carbocycles. The third-order valence-corrected chi connectivity index (χ3v) is 5.28. The predicted octanol–water partition coefficient (Wildman–Crippen LogP) is 6.11. The van der Waals surface area contributed by atoms with Crippen molar-refractivity contribution >= 4 is 35.5 Å². The number of aryl methyl sites for hydroxylation is 2.